The van der Waals surface area contributed by atoms with Crippen molar-refractivity contribution in [2.24, 2.45) is 0 Å². The van der Waals surface area contributed by atoms with Crippen LogP contribution in [0.15, 0.2) is 0 Å². The van der Waals surface area contributed by atoms with Gasteiger partial charge in [0.05, 0.1) is 12.2 Å². The molecule has 0 unspecified atom stereocenters. The molecule has 1 aromatic rings. The monoisotopic (exact) mass is 284 g/mol. The number of hydrogen-bond acceptors (Lipinski definition) is 4. The molecule has 0 bridgehead atoms. The van der Waals surface area contributed by atoms with Gasteiger partial charge in [-0.15, -0.1) is 11.3 Å². The second-order valence-electron chi connectivity index (χ2n) is 4.81. The number of carboxylic acid groups (broad SMARTS) is 1. The summed E-state index contributed by atoms with van der Waals surface area (Å²) in [6.07, 6.45) is 4.72. The molecule has 1 aromatic heterocycles. The van der Waals surface area contributed by atoms with Gasteiger partial charge in [-0.05, 0) is 32.9 Å². The molecule has 0 aromatic carbocycles. The van der Waals surface area contributed by atoms with Crippen LogP contribution in [0.2, 0.25) is 0 Å². The van der Waals surface area contributed by atoms with E-state index in [4.69, 9.17) is 5.11 Å². The van der Waals surface area contributed by atoms with Crippen LogP contribution in [0, 0.1) is 6.92 Å². The lowest BCUT2D eigenvalue weighted by atomic mass is 10.2. The summed E-state index contributed by atoms with van der Waals surface area (Å²) in [5.74, 6) is -0.866. The summed E-state index contributed by atoms with van der Waals surface area (Å²) >= 11 is 1.31. The third kappa shape index (κ3) is 5.28. The molecule has 0 aliphatic rings. The maximum Gasteiger partial charge on any atom is 0.347 e. The van der Waals surface area contributed by atoms with Crippen LogP contribution in [0.3, 0.4) is 0 Å². The molecule has 0 spiro atoms. The van der Waals surface area contributed by atoms with Crippen LogP contribution < -0.4 is 0 Å². The highest BCUT2D eigenvalue weighted by Gasteiger charge is 2.15. The summed E-state index contributed by atoms with van der Waals surface area (Å²) in [5, 5.41) is 9.97. The molecule has 1 rings (SSSR count). The number of aromatic carboxylic acids is 1. The molecule has 0 atom stereocenters. The van der Waals surface area contributed by atoms with Crippen LogP contribution in [0.4, 0.5) is 0 Å². The average Bonchev–Trinajstić information content (AvgIpc) is 2.73. The van der Waals surface area contributed by atoms with Crippen molar-refractivity contribution in [3.63, 3.8) is 0 Å². The molecule has 4 nitrogen and oxygen atoms in total. The van der Waals surface area contributed by atoms with Gasteiger partial charge in [0, 0.05) is 0 Å². The Balaban J connectivity index is 2.66. The number of aromatic nitrogens is 1. The number of rotatable bonds is 9. The molecule has 0 radical (unpaired) electrons. The number of nitrogens with zero attached hydrogens (tertiary/aromatic N) is 2. The minimum Gasteiger partial charge on any atom is -0.477 e. The van der Waals surface area contributed by atoms with Gasteiger partial charge in [-0.3, -0.25) is 4.90 Å². The number of thiazole rings is 1. The van der Waals surface area contributed by atoms with Crippen LogP contribution >= 0.6 is 11.3 Å². The minimum atomic E-state index is -0.866. The molecule has 0 aliphatic carbocycles. The van der Waals surface area contributed by atoms with Crippen molar-refractivity contribution in [2.75, 3.05) is 13.1 Å². The van der Waals surface area contributed by atoms with E-state index in [0.29, 0.717) is 10.6 Å². The van der Waals surface area contributed by atoms with Gasteiger partial charge in [-0.25, -0.2) is 9.78 Å². The Morgan fingerprint density at radius 3 is 2.26 bits per heavy atom. The number of carbonyl (C=O) groups is 1. The van der Waals surface area contributed by atoms with Gasteiger partial charge in [0.25, 0.3) is 0 Å². The standard InChI is InChI=1S/C14H24N2O2S/c1-4-6-8-16(9-7-5-2)10-12-15-11(3)13(19-12)14(17)18/h4-10H2,1-3H3,(H,17,18). The highest BCUT2D eigenvalue weighted by Crippen LogP contribution is 2.19. The molecule has 0 fully saturated rings. The first-order chi connectivity index (χ1) is 9.08. The third-order valence-corrected chi connectivity index (χ3v) is 4.18. The van der Waals surface area contributed by atoms with Crippen LogP contribution in [0.5, 0.6) is 0 Å². The summed E-state index contributed by atoms with van der Waals surface area (Å²) in [6.45, 7) is 9.06. The molecule has 0 aliphatic heterocycles. The minimum absolute atomic E-state index is 0.376. The Bertz CT molecular complexity index is 396. The van der Waals surface area contributed by atoms with Crippen molar-refractivity contribution in [1.29, 1.82) is 0 Å². The van der Waals surface area contributed by atoms with Crippen LogP contribution in [-0.2, 0) is 6.54 Å². The molecular weight excluding hydrogens is 260 g/mol. The second-order valence-corrected chi connectivity index (χ2v) is 5.89. The van der Waals surface area contributed by atoms with Crippen molar-refractivity contribution in [1.82, 2.24) is 9.88 Å². The van der Waals surface area contributed by atoms with Gasteiger partial charge in [-0.1, -0.05) is 26.7 Å². The van der Waals surface area contributed by atoms with E-state index in [1.54, 1.807) is 6.92 Å². The lowest BCUT2D eigenvalue weighted by Crippen LogP contribution is -2.25. The van der Waals surface area contributed by atoms with E-state index in [0.717, 1.165) is 24.6 Å². The molecule has 1 heterocycles. The molecular formula is C14H24N2O2S. The zero-order valence-corrected chi connectivity index (χ0v) is 12.9. The lowest BCUT2D eigenvalue weighted by Gasteiger charge is -2.20. The van der Waals surface area contributed by atoms with Crippen molar-refractivity contribution in [3.05, 3.63) is 15.6 Å². The molecule has 108 valence electrons. The maximum absolute atomic E-state index is 11.0. The van der Waals surface area contributed by atoms with Crippen molar-refractivity contribution in [2.45, 2.75) is 53.0 Å². The highest BCUT2D eigenvalue weighted by atomic mass is 32.1. The summed E-state index contributed by atoms with van der Waals surface area (Å²) in [6, 6.07) is 0. The molecule has 0 amide bonds. The van der Waals surface area contributed by atoms with Crippen molar-refractivity contribution in [3.8, 4) is 0 Å². The zero-order valence-electron chi connectivity index (χ0n) is 12.1. The number of hydrogen-bond donors (Lipinski definition) is 1. The van der Waals surface area contributed by atoms with Crippen molar-refractivity contribution < 1.29 is 9.90 Å². The number of unbranched alkanes of at least 4 members (excludes halogenated alkanes) is 2. The fourth-order valence-corrected chi connectivity index (χ4v) is 2.89. The maximum atomic E-state index is 11.0. The Morgan fingerprint density at radius 2 is 1.84 bits per heavy atom. The summed E-state index contributed by atoms with van der Waals surface area (Å²) in [4.78, 5) is 18.2. The second kappa shape index (κ2) is 8.27. The SMILES string of the molecule is CCCCN(CCCC)Cc1nc(C)c(C(=O)O)s1. The van der Waals surface area contributed by atoms with E-state index in [1.807, 2.05) is 0 Å². The quantitative estimate of drug-likeness (QED) is 0.753. The topological polar surface area (TPSA) is 53.4 Å². The van der Waals surface area contributed by atoms with E-state index >= 15 is 0 Å². The number of aryl methyl sites for hydroxylation is 1. The van der Waals surface area contributed by atoms with Crippen LogP contribution in [0.1, 0.15) is 59.9 Å². The fourth-order valence-electron chi connectivity index (χ4n) is 1.94. The summed E-state index contributed by atoms with van der Waals surface area (Å²) in [7, 11) is 0. The molecule has 19 heavy (non-hydrogen) atoms. The van der Waals surface area contributed by atoms with E-state index in [9.17, 15) is 4.79 Å². The van der Waals surface area contributed by atoms with Crippen LogP contribution in [-0.4, -0.2) is 34.0 Å². The van der Waals surface area contributed by atoms with Gasteiger partial charge < -0.3 is 5.11 Å². The Morgan fingerprint density at radius 1 is 1.26 bits per heavy atom. The highest BCUT2D eigenvalue weighted by molar-refractivity contribution is 7.13. The Labute approximate surface area is 119 Å². The largest absolute Gasteiger partial charge is 0.477 e. The van der Waals surface area contributed by atoms with Crippen LogP contribution in [0.25, 0.3) is 0 Å². The first kappa shape index (κ1) is 16.1. The normalized spacial score (nSPS) is 11.2. The lowest BCUT2D eigenvalue weighted by molar-refractivity contribution is 0.0701. The predicted molar refractivity (Wildman–Crippen MR) is 78.9 cm³/mol. The molecule has 1 N–H and O–H groups in total. The van der Waals surface area contributed by atoms with E-state index in [1.165, 1.54) is 37.0 Å². The first-order valence-electron chi connectivity index (χ1n) is 7.00. The molecule has 0 saturated heterocycles. The Hall–Kier alpha value is -0.940. The zero-order chi connectivity index (χ0) is 14.3. The van der Waals surface area contributed by atoms with Gasteiger partial charge in [0.1, 0.15) is 9.88 Å². The van der Waals surface area contributed by atoms with Crippen molar-refractivity contribution >= 4 is 17.3 Å². The summed E-state index contributed by atoms with van der Waals surface area (Å²) < 4.78 is 0. The fraction of sp³-hybridized carbons (Fsp3) is 0.714. The van der Waals surface area contributed by atoms with E-state index in [2.05, 4.69) is 23.7 Å². The smallest absolute Gasteiger partial charge is 0.347 e. The molecule has 0 saturated carbocycles. The predicted octanol–water partition coefficient (Wildman–Crippen LogP) is 3.55. The Kier molecular flexibility index (Phi) is 7.02. The summed E-state index contributed by atoms with van der Waals surface area (Å²) in [5.41, 5.74) is 0.637. The molecule has 5 heteroatoms. The van der Waals surface area contributed by atoms with Gasteiger partial charge in [-0.2, -0.15) is 0 Å². The van der Waals surface area contributed by atoms with Gasteiger partial charge in [0.15, 0.2) is 0 Å². The third-order valence-electron chi connectivity index (χ3n) is 3.05. The van der Waals surface area contributed by atoms with E-state index in [-0.39, 0.29) is 0 Å². The van der Waals surface area contributed by atoms with Gasteiger partial charge in [0.2, 0.25) is 0 Å². The van der Waals surface area contributed by atoms with E-state index < -0.39 is 5.97 Å². The van der Waals surface area contributed by atoms with Gasteiger partial charge >= 0.3 is 5.97 Å². The first-order valence-corrected chi connectivity index (χ1v) is 7.82. The number of carboxylic acids is 1. The average molecular weight is 284 g/mol.